The van der Waals surface area contributed by atoms with Crippen molar-refractivity contribution in [1.29, 1.82) is 0 Å². The van der Waals surface area contributed by atoms with Crippen LogP contribution in [0.15, 0.2) is 18.2 Å². The summed E-state index contributed by atoms with van der Waals surface area (Å²) in [6, 6.07) is 5.30. The first-order valence-electron chi connectivity index (χ1n) is 4.66. The summed E-state index contributed by atoms with van der Waals surface area (Å²) in [4.78, 5) is 12.6. The molecule has 2 nitrogen and oxygen atoms in total. The van der Waals surface area contributed by atoms with E-state index in [0.717, 1.165) is 18.5 Å². The molecule has 1 aromatic rings. The third-order valence-electron chi connectivity index (χ3n) is 2.14. The van der Waals surface area contributed by atoms with Crippen molar-refractivity contribution in [2.75, 3.05) is 18.0 Å². The summed E-state index contributed by atoms with van der Waals surface area (Å²) < 4.78 is 0. The molecule has 0 aliphatic carbocycles. The second kappa shape index (κ2) is 5.43. The van der Waals surface area contributed by atoms with Crippen molar-refractivity contribution >= 4 is 23.6 Å². The average Bonchev–Trinajstić information content (AvgIpc) is 2.25. The lowest BCUT2D eigenvalue weighted by molar-refractivity contribution is 0.112. The van der Waals surface area contributed by atoms with Crippen molar-refractivity contribution < 1.29 is 4.79 Å². The van der Waals surface area contributed by atoms with E-state index < -0.39 is 0 Å². The molecule has 0 saturated heterocycles. The fourth-order valence-electron chi connectivity index (χ4n) is 1.30. The molecule has 3 heteroatoms. The van der Waals surface area contributed by atoms with E-state index in [1.165, 1.54) is 0 Å². The van der Waals surface area contributed by atoms with Gasteiger partial charge in [0.1, 0.15) is 0 Å². The molecular formula is C12H12ClNO. The highest BCUT2D eigenvalue weighted by Crippen LogP contribution is 2.22. The Morgan fingerprint density at radius 3 is 2.80 bits per heavy atom. The highest BCUT2D eigenvalue weighted by Gasteiger charge is 2.05. The molecule has 15 heavy (non-hydrogen) atoms. The number of benzene rings is 1. The average molecular weight is 222 g/mol. The minimum Gasteiger partial charge on any atom is -0.361 e. The van der Waals surface area contributed by atoms with Gasteiger partial charge in [-0.2, -0.15) is 0 Å². The largest absolute Gasteiger partial charge is 0.361 e. The topological polar surface area (TPSA) is 20.3 Å². The van der Waals surface area contributed by atoms with Gasteiger partial charge in [0, 0.05) is 17.8 Å². The van der Waals surface area contributed by atoms with E-state index in [2.05, 4.69) is 5.92 Å². The SMILES string of the molecule is C#CCN(CC)c1ccc(C=O)c(Cl)c1. The van der Waals surface area contributed by atoms with Crippen LogP contribution in [0.5, 0.6) is 0 Å². The summed E-state index contributed by atoms with van der Waals surface area (Å²) in [5, 5.41) is 0.456. The van der Waals surface area contributed by atoms with Crippen molar-refractivity contribution in [3.8, 4) is 12.3 Å². The first kappa shape index (κ1) is 11.6. The molecule has 0 aliphatic heterocycles. The lowest BCUT2D eigenvalue weighted by Gasteiger charge is -2.20. The van der Waals surface area contributed by atoms with Crippen LogP contribution >= 0.6 is 11.6 Å². The van der Waals surface area contributed by atoms with Gasteiger partial charge >= 0.3 is 0 Å². The number of halogens is 1. The second-order valence-corrected chi connectivity index (χ2v) is 3.45. The zero-order valence-electron chi connectivity index (χ0n) is 8.53. The first-order chi connectivity index (χ1) is 7.22. The molecule has 1 aromatic carbocycles. The van der Waals surface area contributed by atoms with Crippen molar-refractivity contribution in [1.82, 2.24) is 0 Å². The molecule has 0 radical (unpaired) electrons. The molecule has 0 aliphatic rings. The lowest BCUT2D eigenvalue weighted by Crippen LogP contribution is -2.22. The van der Waals surface area contributed by atoms with E-state index >= 15 is 0 Å². The summed E-state index contributed by atoms with van der Waals surface area (Å²) in [5.41, 5.74) is 1.43. The van der Waals surface area contributed by atoms with Crippen LogP contribution in [0.1, 0.15) is 17.3 Å². The van der Waals surface area contributed by atoms with Crippen molar-refractivity contribution in [2.24, 2.45) is 0 Å². The maximum absolute atomic E-state index is 10.6. The van der Waals surface area contributed by atoms with Gasteiger partial charge in [-0.15, -0.1) is 6.42 Å². The smallest absolute Gasteiger partial charge is 0.151 e. The van der Waals surface area contributed by atoms with Crippen LogP contribution in [-0.2, 0) is 0 Å². The number of carbonyl (C=O) groups excluding carboxylic acids is 1. The molecule has 0 unspecified atom stereocenters. The van der Waals surface area contributed by atoms with Crippen LogP contribution in [-0.4, -0.2) is 19.4 Å². The lowest BCUT2D eigenvalue weighted by atomic mass is 10.2. The van der Waals surface area contributed by atoms with Crippen LogP contribution in [0.3, 0.4) is 0 Å². The van der Waals surface area contributed by atoms with E-state index in [9.17, 15) is 4.79 Å². The summed E-state index contributed by atoms with van der Waals surface area (Å²) in [6.07, 6.45) is 6.00. The molecule has 0 saturated carbocycles. The molecule has 0 bridgehead atoms. The molecule has 0 spiro atoms. The number of nitrogens with zero attached hydrogens (tertiary/aromatic N) is 1. The first-order valence-corrected chi connectivity index (χ1v) is 5.03. The molecule has 0 atom stereocenters. The van der Waals surface area contributed by atoms with Gasteiger partial charge in [0.25, 0.3) is 0 Å². The number of rotatable bonds is 4. The van der Waals surface area contributed by atoms with Crippen molar-refractivity contribution in [2.45, 2.75) is 6.92 Å². The molecule has 0 amide bonds. The third-order valence-corrected chi connectivity index (χ3v) is 2.47. The highest BCUT2D eigenvalue weighted by atomic mass is 35.5. The van der Waals surface area contributed by atoms with Gasteiger partial charge in [0.2, 0.25) is 0 Å². The van der Waals surface area contributed by atoms with E-state index in [1.807, 2.05) is 17.9 Å². The second-order valence-electron chi connectivity index (χ2n) is 3.04. The van der Waals surface area contributed by atoms with Crippen molar-refractivity contribution in [3.63, 3.8) is 0 Å². The van der Waals surface area contributed by atoms with Crippen LogP contribution in [0.4, 0.5) is 5.69 Å². The summed E-state index contributed by atoms with van der Waals surface area (Å²) in [6.45, 7) is 3.35. The molecule has 78 valence electrons. The standard InChI is InChI=1S/C12H12ClNO/c1-3-7-14(4-2)11-6-5-10(9-15)12(13)8-11/h1,5-6,8-9H,4,7H2,2H3. The maximum atomic E-state index is 10.6. The predicted octanol–water partition coefficient (Wildman–Crippen LogP) is 2.61. The Hall–Kier alpha value is -1.46. The summed E-state index contributed by atoms with van der Waals surface area (Å²) in [5.74, 6) is 2.58. The maximum Gasteiger partial charge on any atom is 0.151 e. The van der Waals surface area contributed by atoms with Crippen LogP contribution in [0, 0.1) is 12.3 Å². The third kappa shape index (κ3) is 2.74. The molecule has 0 heterocycles. The fourth-order valence-corrected chi connectivity index (χ4v) is 1.52. The van der Waals surface area contributed by atoms with Gasteiger partial charge < -0.3 is 4.90 Å². The van der Waals surface area contributed by atoms with Gasteiger partial charge in [0.15, 0.2) is 6.29 Å². The van der Waals surface area contributed by atoms with Crippen LogP contribution in [0.2, 0.25) is 5.02 Å². The van der Waals surface area contributed by atoms with Crippen LogP contribution < -0.4 is 4.90 Å². The van der Waals surface area contributed by atoms with Crippen molar-refractivity contribution in [3.05, 3.63) is 28.8 Å². The minimum atomic E-state index is 0.456. The van der Waals surface area contributed by atoms with E-state index in [4.69, 9.17) is 18.0 Å². The zero-order valence-corrected chi connectivity index (χ0v) is 9.29. The van der Waals surface area contributed by atoms with Gasteiger partial charge in [0.05, 0.1) is 11.6 Å². The Morgan fingerprint density at radius 2 is 2.33 bits per heavy atom. The van der Waals surface area contributed by atoms with E-state index in [1.54, 1.807) is 12.1 Å². The van der Waals surface area contributed by atoms with E-state index in [-0.39, 0.29) is 0 Å². The molecule has 0 aromatic heterocycles. The number of anilines is 1. The Labute approximate surface area is 94.8 Å². The highest BCUT2D eigenvalue weighted by molar-refractivity contribution is 6.33. The summed E-state index contributed by atoms with van der Waals surface area (Å²) >= 11 is 5.92. The fraction of sp³-hybridized carbons (Fsp3) is 0.250. The Balaban J connectivity index is 3.00. The van der Waals surface area contributed by atoms with E-state index in [0.29, 0.717) is 17.1 Å². The van der Waals surface area contributed by atoms with Gasteiger partial charge in [-0.3, -0.25) is 4.79 Å². The normalized spacial score (nSPS) is 9.40. The number of carbonyl (C=O) groups is 1. The van der Waals surface area contributed by atoms with Gasteiger partial charge in [-0.1, -0.05) is 17.5 Å². The number of terminal acetylenes is 1. The number of hydrogen-bond donors (Lipinski definition) is 0. The number of aldehydes is 1. The monoisotopic (exact) mass is 221 g/mol. The number of hydrogen-bond acceptors (Lipinski definition) is 2. The quantitative estimate of drug-likeness (QED) is 0.576. The Kier molecular flexibility index (Phi) is 4.20. The van der Waals surface area contributed by atoms with Gasteiger partial charge in [-0.05, 0) is 25.1 Å². The van der Waals surface area contributed by atoms with Gasteiger partial charge in [-0.25, -0.2) is 0 Å². The predicted molar refractivity (Wildman–Crippen MR) is 63.6 cm³/mol. The Bertz CT molecular complexity index is 395. The minimum absolute atomic E-state index is 0.456. The zero-order chi connectivity index (χ0) is 11.3. The molecule has 0 N–H and O–H groups in total. The molecule has 0 fully saturated rings. The Morgan fingerprint density at radius 1 is 1.60 bits per heavy atom. The summed E-state index contributed by atoms with van der Waals surface area (Å²) in [7, 11) is 0. The van der Waals surface area contributed by atoms with Crippen LogP contribution in [0.25, 0.3) is 0 Å². The molecule has 1 rings (SSSR count). The molecular weight excluding hydrogens is 210 g/mol.